The molecule has 2 aliphatic carbocycles. The fourth-order valence-corrected chi connectivity index (χ4v) is 3.62. The summed E-state index contributed by atoms with van der Waals surface area (Å²) in [5.41, 5.74) is 1.48. The van der Waals surface area contributed by atoms with Gasteiger partial charge in [-0.2, -0.15) is 5.10 Å². The number of hydrogen-bond acceptors (Lipinski definition) is 5. The van der Waals surface area contributed by atoms with Crippen LogP contribution in [0.25, 0.3) is 0 Å². The van der Waals surface area contributed by atoms with Gasteiger partial charge in [0.25, 0.3) is 5.91 Å². The molecule has 1 aliphatic heterocycles. The van der Waals surface area contributed by atoms with E-state index >= 15 is 0 Å². The lowest BCUT2D eigenvalue weighted by molar-refractivity contribution is 0.0601. The number of ether oxygens (including phenoxy) is 1. The lowest BCUT2D eigenvalue weighted by atomic mass is 10.1. The number of carbonyl (C=O) groups is 1. The number of carbonyl (C=O) groups excluding carboxylic acids is 1. The number of fused-ring (bicyclic) bond motifs is 1. The van der Waals surface area contributed by atoms with Crippen LogP contribution < -0.4 is 0 Å². The molecule has 138 valence electrons. The van der Waals surface area contributed by atoms with E-state index in [2.05, 4.69) is 10.3 Å². The summed E-state index contributed by atoms with van der Waals surface area (Å²) in [6, 6.07) is 3.95. The molecule has 1 atom stereocenters. The zero-order valence-electron chi connectivity index (χ0n) is 14.8. The summed E-state index contributed by atoms with van der Waals surface area (Å²) in [5.74, 6) is 2.02. The standard InChI is InChI=1S/C19H24N4O3/c24-19(17-9-18(26-21-17)14-3-4-14)22-10-15-5-7-20-23(15)16(11-22)6-8-25-12-13-1-2-13/h5,7,9,13-14,16H,1-4,6,8,10-12H2. The highest BCUT2D eigenvalue weighted by molar-refractivity contribution is 5.92. The minimum absolute atomic E-state index is 0.0583. The first kappa shape index (κ1) is 16.1. The molecule has 0 saturated heterocycles. The molecule has 0 spiro atoms. The van der Waals surface area contributed by atoms with Gasteiger partial charge in [0, 0.05) is 37.9 Å². The molecule has 3 aliphatic rings. The van der Waals surface area contributed by atoms with E-state index < -0.39 is 0 Å². The van der Waals surface area contributed by atoms with Crippen molar-refractivity contribution in [1.82, 2.24) is 19.8 Å². The molecule has 1 amide bonds. The Kier molecular flexibility index (Phi) is 4.04. The van der Waals surface area contributed by atoms with Crippen molar-refractivity contribution in [3.8, 4) is 0 Å². The fourth-order valence-electron chi connectivity index (χ4n) is 3.62. The molecule has 0 bridgehead atoms. The van der Waals surface area contributed by atoms with Crippen molar-refractivity contribution in [3.63, 3.8) is 0 Å². The van der Waals surface area contributed by atoms with Gasteiger partial charge in [0.15, 0.2) is 5.69 Å². The van der Waals surface area contributed by atoms with Gasteiger partial charge in [-0.05, 0) is 44.1 Å². The third kappa shape index (κ3) is 3.28. The SMILES string of the molecule is O=C(c1cc(C2CC2)on1)N1Cc2ccnn2C(CCOCC2CC2)C1. The Labute approximate surface area is 152 Å². The van der Waals surface area contributed by atoms with Crippen LogP contribution in [0.1, 0.15) is 66.0 Å². The predicted molar refractivity (Wildman–Crippen MR) is 92.6 cm³/mol. The van der Waals surface area contributed by atoms with E-state index in [0.29, 0.717) is 31.3 Å². The number of nitrogens with zero attached hydrogens (tertiary/aromatic N) is 4. The molecule has 2 aromatic rings. The molecular weight excluding hydrogens is 332 g/mol. The second-order valence-corrected chi connectivity index (χ2v) is 7.80. The Balaban J connectivity index is 1.26. The van der Waals surface area contributed by atoms with Crippen LogP contribution in [-0.2, 0) is 11.3 Å². The molecule has 2 aromatic heterocycles. The van der Waals surface area contributed by atoms with Gasteiger partial charge in [0.1, 0.15) is 5.76 Å². The maximum atomic E-state index is 12.9. The number of amides is 1. The molecule has 7 nitrogen and oxygen atoms in total. The highest BCUT2D eigenvalue weighted by Gasteiger charge is 2.33. The Morgan fingerprint density at radius 1 is 1.31 bits per heavy atom. The van der Waals surface area contributed by atoms with E-state index in [1.165, 1.54) is 12.8 Å². The third-order valence-electron chi connectivity index (χ3n) is 5.54. The molecule has 7 heteroatoms. The van der Waals surface area contributed by atoms with E-state index in [1.807, 2.05) is 27.9 Å². The van der Waals surface area contributed by atoms with Gasteiger partial charge in [-0.25, -0.2) is 0 Å². The van der Waals surface area contributed by atoms with Crippen molar-refractivity contribution in [2.75, 3.05) is 19.8 Å². The largest absolute Gasteiger partial charge is 0.381 e. The van der Waals surface area contributed by atoms with E-state index in [0.717, 1.165) is 43.2 Å². The smallest absolute Gasteiger partial charge is 0.276 e. The predicted octanol–water partition coefficient (Wildman–Crippen LogP) is 2.76. The second-order valence-electron chi connectivity index (χ2n) is 7.80. The molecule has 0 N–H and O–H groups in total. The molecule has 0 aromatic carbocycles. The molecule has 1 unspecified atom stereocenters. The van der Waals surface area contributed by atoms with Crippen LogP contribution >= 0.6 is 0 Å². The van der Waals surface area contributed by atoms with Crippen molar-refractivity contribution in [2.24, 2.45) is 5.92 Å². The molecular formula is C19H24N4O3. The Bertz CT molecular complexity index is 790. The molecule has 5 rings (SSSR count). The van der Waals surface area contributed by atoms with Gasteiger partial charge in [-0.1, -0.05) is 5.16 Å². The summed E-state index contributed by atoms with van der Waals surface area (Å²) >= 11 is 0. The average Bonchev–Trinajstić information content (AvgIpc) is 3.57. The summed E-state index contributed by atoms with van der Waals surface area (Å²) in [4.78, 5) is 14.8. The van der Waals surface area contributed by atoms with Gasteiger partial charge in [0.05, 0.1) is 18.3 Å². The minimum Gasteiger partial charge on any atom is -0.381 e. The van der Waals surface area contributed by atoms with Crippen LogP contribution in [0, 0.1) is 5.92 Å². The van der Waals surface area contributed by atoms with E-state index in [1.54, 1.807) is 0 Å². The number of rotatable bonds is 7. The number of hydrogen-bond donors (Lipinski definition) is 0. The van der Waals surface area contributed by atoms with E-state index in [-0.39, 0.29) is 11.9 Å². The van der Waals surface area contributed by atoms with Crippen LogP contribution in [0.15, 0.2) is 22.9 Å². The minimum atomic E-state index is -0.0583. The quantitative estimate of drug-likeness (QED) is 0.713. The van der Waals surface area contributed by atoms with Crippen LogP contribution in [0.4, 0.5) is 0 Å². The Hall–Kier alpha value is -2.15. The highest BCUT2D eigenvalue weighted by Crippen LogP contribution is 2.40. The van der Waals surface area contributed by atoms with E-state index in [9.17, 15) is 4.79 Å². The zero-order chi connectivity index (χ0) is 17.5. The first-order valence-electron chi connectivity index (χ1n) is 9.64. The molecule has 0 radical (unpaired) electrons. The van der Waals surface area contributed by atoms with Crippen molar-refractivity contribution < 1.29 is 14.1 Å². The molecule has 3 heterocycles. The molecule has 26 heavy (non-hydrogen) atoms. The summed E-state index contributed by atoms with van der Waals surface area (Å²) in [7, 11) is 0. The van der Waals surface area contributed by atoms with Gasteiger partial charge in [-0.15, -0.1) is 0 Å². The monoisotopic (exact) mass is 356 g/mol. The number of aromatic nitrogens is 3. The lowest BCUT2D eigenvalue weighted by Crippen LogP contribution is -2.41. The maximum Gasteiger partial charge on any atom is 0.276 e. The third-order valence-corrected chi connectivity index (χ3v) is 5.54. The topological polar surface area (TPSA) is 73.4 Å². The summed E-state index contributed by atoms with van der Waals surface area (Å²) < 4.78 is 13.2. The normalized spacial score (nSPS) is 22.5. The van der Waals surface area contributed by atoms with E-state index in [4.69, 9.17) is 9.26 Å². The average molecular weight is 356 g/mol. The Morgan fingerprint density at radius 2 is 2.19 bits per heavy atom. The van der Waals surface area contributed by atoms with Crippen molar-refractivity contribution >= 4 is 5.91 Å². The van der Waals surface area contributed by atoms with Gasteiger partial charge >= 0.3 is 0 Å². The fraction of sp³-hybridized carbons (Fsp3) is 0.632. The van der Waals surface area contributed by atoms with Crippen LogP contribution in [0.5, 0.6) is 0 Å². The first-order chi connectivity index (χ1) is 12.8. The summed E-state index contributed by atoms with van der Waals surface area (Å²) in [5, 5.41) is 8.47. The van der Waals surface area contributed by atoms with Crippen LogP contribution in [-0.4, -0.2) is 45.5 Å². The molecule has 2 saturated carbocycles. The summed E-state index contributed by atoms with van der Waals surface area (Å²) in [6.45, 7) is 2.76. The summed E-state index contributed by atoms with van der Waals surface area (Å²) in [6.07, 6.45) is 7.54. The first-order valence-corrected chi connectivity index (χ1v) is 9.64. The Morgan fingerprint density at radius 3 is 3.00 bits per heavy atom. The lowest BCUT2D eigenvalue weighted by Gasteiger charge is -2.33. The highest BCUT2D eigenvalue weighted by atomic mass is 16.5. The van der Waals surface area contributed by atoms with Crippen molar-refractivity contribution in [1.29, 1.82) is 0 Å². The molecule has 2 fully saturated rings. The van der Waals surface area contributed by atoms with Crippen molar-refractivity contribution in [2.45, 2.75) is 50.6 Å². The van der Waals surface area contributed by atoms with Crippen LogP contribution in [0.3, 0.4) is 0 Å². The van der Waals surface area contributed by atoms with Gasteiger partial charge in [-0.3, -0.25) is 9.48 Å². The maximum absolute atomic E-state index is 12.9. The second kappa shape index (κ2) is 6.54. The van der Waals surface area contributed by atoms with Gasteiger partial charge < -0.3 is 14.2 Å². The van der Waals surface area contributed by atoms with Crippen LogP contribution in [0.2, 0.25) is 0 Å². The zero-order valence-corrected chi connectivity index (χ0v) is 14.8. The van der Waals surface area contributed by atoms with Gasteiger partial charge in [0.2, 0.25) is 0 Å². The van der Waals surface area contributed by atoms with Crippen molar-refractivity contribution in [3.05, 3.63) is 35.5 Å².